The molecule has 1 aliphatic carbocycles. The number of hydrogen-bond donors (Lipinski definition) is 2. The van der Waals surface area contributed by atoms with Gasteiger partial charge in [-0.3, -0.25) is 9.59 Å². The van der Waals surface area contributed by atoms with Crippen LogP contribution < -0.4 is 10.6 Å². The molecule has 0 saturated carbocycles. The molecule has 2 amide bonds. The van der Waals surface area contributed by atoms with Gasteiger partial charge in [-0.25, -0.2) is 4.79 Å². The molecule has 168 valence electrons. The third-order valence-electron chi connectivity index (χ3n) is 5.94. The molecular weight excluding hydrogens is 416 g/mol. The van der Waals surface area contributed by atoms with Gasteiger partial charge in [0.05, 0.1) is 7.11 Å². The van der Waals surface area contributed by atoms with Crippen molar-refractivity contribution in [3.05, 3.63) is 95.6 Å². The standard InChI is InChI=1S/C27H26N2O4/c1-17(30)28-23(16-18-10-4-3-5-11-18)26(31)29-25(27(32)33-2)24-21-14-8-6-12-19(21)20-13-7-9-15-22(20)24/h3-15,23-25H,16H2,1-2H3,(H,28,30)(H,29,31)/t23-,25-/m1/s1. The van der Waals surface area contributed by atoms with E-state index in [0.717, 1.165) is 27.8 Å². The van der Waals surface area contributed by atoms with Crippen LogP contribution in [0.2, 0.25) is 0 Å². The van der Waals surface area contributed by atoms with Gasteiger partial charge >= 0.3 is 5.97 Å². The highest BCUT2D eigenvalue weighted by atomic mass is 16.5. The van der Waals surface area contributed by atoms with Crippen molar-refractivity contribution < 1.29 is 19.1 Å². The average molecular weight is 443 g/mol. The molecule has 6 nitrogen and oxygen atoms in total. The Morgan fingerprint density at radius 1 is 0.818 bits per heavy atom. The van der Waals surface area contributed by atoms with E-state index < -0.39 is 29.9 Å². The Labute approximate surface area is 193 Å². The molecule has 2 atom stereocenters. The van der Waals surface area contributed by atoms with Crippen LogP contribution in [0.4, 0.5) is 0 Å². The van der Waals surface area contributed by atoms with Gasteiger partial charge in [-0.1, -0.05) is 78.9 Å². The van der Waals surface area contributed by atoms with Gasteiger partial charge in [-0.05, 0) is 27.8 Å². The van der Waals surface area contributed by atoms with Crippen molar-refractivity contribution in [1.82, 2.24) is 10.6 Å². The van der Waals surface area contributed by atoms with Crippen LogP contribution in [0.3, 0.4) is 0 Å². The Kier molecular flexibility index (Phi) is 6.54. The lowest BCUT2D eigenvalue weighted by Gasteiger charge is -2.27. The molecule has 3 aromatic rings. The van der Waals surface area contributed by atoms with Crippen LogP contribution in [0.25, 0.3) is 11.1 Å². The number of rotatable bonds is 7. The molecule has 0 heterocycles. The zero-order valence-corrected chi connectivity index (χ0v) is 18.6. The van der Waals surface area contributed by atoms with Crippen molar-refractivity contribution in [2.75, 3.05) is 7.11 Å². The molecule has 2 N–H and O–H groups in total. The number of carbonyl (C=O) groups is 3. The van der Waals surface area contributed by atoms with Crippen molar-refractivity contribution in [2.24, 2.45) is 0 Å². The van der Waals surface area contributed by atoms with Gasteiger partial charge in [0, 0.05) is 19.3 Å². The van der Waals surface area contributed by atoms with Crippen LogP contribution in [0.1, 0.15) is 29.5 Å². The van der Waals surface area contributed by atoms with Gasteiger partial charge in [0.15, 0.2) is 0 Å². The summed E-state index contributed by atoms with van der Waals surface area (Å²) < 4.78 is 5.09. The molecule has 0 bridgehead atoms. The number of amides is 2. The fraction of sp³-hybridized carbons (Fsp3) is 0.222. The Morgan fingerprint density at radius 3 is 1.91 bits per heavy atom. The molecule has 0 radical (unpaired) electrons. The SMILES string of the molecule is COC(=O)[C@H](NC(=O)[C@@H](Cc1ccccc1)NC(C)=O)C1c2ccccc2-c2ccccc21. The second kappa shape index (κ2) is 9.69. The first-order valence-corrected chi connectivity index (χ1v) is 10.9. The van der Waals surface area contributed by atoms with Crippen LogP contribution >= 0.6 is 0 Å². The first-order valence-electron chi connectivity index (χ1n) is 10.9. The zero-order chi connectivity index (χ0) is 23.4. The number of nitrogens with one attached hydrogen (secondary N) is 2. The number of esters is 1. The Bertz CT molecular complexity index is 1130. The summed E-state index contributed by atoms with van der Waals surface area (Å²) in [6.07, 6.45) is 0.304. The van der Waals surface area contributed by atoms with E-state index in [1.54, 1.807) is 0 Å². The maximum absolute atomic E-state index is 13.4. The number of fused-ring (bicyclic) bond motifs is 3. The van der Waals surface area contributed by atoms with Crippen molar-refractivity contribution in [1.29, 1.82) is 0 Å². The summed E-state index contributed by atoms with van der Waals surface area (Å²) in [5.74, 6) is -1.70. The average Bonchev–Trinajstić information content (AvgIpc) is 3.16. The molecule has 33 heavy (non-hydrogen) atoms. The summed E-state index contributed by atoms with van der Waals surface area (Å²) in [5, 5.41) is 5.61. The summed E-state index contributed by atoms with van der Waals surface area (Å²) in [5.41, 5.74) is 4.87. The lowest BCUT2D eigenvalue weighted by atomic mass is 9.89. The Morgan fingerprint density at radius 2 is 1.36 bits per heavy atom. The molecule has 0 spiro atoms. The quantitative estimate of drug-likeness (QED) is 0.551. The Balaban J connectivity index is 1.67. The van der Waals surface area contributed by atoms with Crippen molar-refractivity contribution >= 4 is 17.8 Å². The van der Waals surface area contributed by atoms with Crippen LogP contribution in [0.15, 0.2) is 78.9 Å². The van der Waals surface area contributed by atoms with Crippen LogP contribution in [0, 0.1) is 0 Å². The molecule has 6 heteroatoms. The fourth-order valence-corrected chi connectivity index (χ4v) is 4.52. The van der Waals surface area contributed by atoms with Crippen molar-refractivity contribution in [3.63, 3.8) is 0 Å². The number of methoxy groups -OCH3 is 1. The van der Waals surface area contributed by atoms with Gasteiger partial charge in [0.25, 0.3) is 0 Å². The summed E-state index contributed by atoms with van der Waals surface area (Å²) in [7, 11) is 1.31. The minimum atomic E-state index is -0.945. The molecule has 1 aliphatic rings. The van der Waals surface area contributed by atoms with E-state index in [2.05, 4.69) is 10.6 Å². The molecule has 3 aromatic carbocycles. The highest BCUT2D eigenvalue weighted by Gasteiger charge is 2.40. The third kappa shape index (κ3) is 4.65. The predicted molar refractivity (Wildman–Crippen MR) is 125 cm³/mol. The first-order chi connectivity index (χ1) is 16.0. The number of benzene rings is 3. The van der Waals surface area contributed by atoms with E-state index in [0.29, 0.717) is 6.42 Å². The fourth-order valence-electron chi connectivity index (χ4n) is 4.52. The summed E-state index contributed by atoms with van der Waals surface area (Å²) in [6, 6.07) is 23.4. The van der Waals surface area contributed by atoms with Gasteiger partial charge in [-0.2, -0.15) is 0 Å². The second-order valence-corrected chi connectivity index (χ2v) is 8.10. The van der Waals surface area contributed by atoms with E-state index in [4.69, 9.17) is 4.74 Å². The lowest BCUT2D eigenvalue weighted by Crippen LogP contribution is -2.54. The molecular formula is C27H26N2O4. The van der Waals surface area contributed by atoms with Crippen molar-refractivity contribution in [2.45, 2.75) is 31.3 Å². The van der Waals surface area contributed by atoms with E-state index in [-0.39, 0.29) is 5.91 Å². The first kappa shape index (κ1) is 22.3. The molecule has 0 saturated heterocycles. The summed E-state index contributed by atoms with van der Waals surface area (Å²) >= 11 is 0. The lowest BCUT2D eigenvalue weighted by molar-refractivity contribution is -0.145. The summed E-state index contributed by atoms with van der Waals surface area (Å²) in [4.78, 5) is 38.1. The van der Waals surface area contributed by atoms with Gasteiger partial charge in [0.2, 0.25) is 11.8 Å². The maximum atomic E-state index is 13.4. The topological polar surface area (TPSA) is 84.5 Å². The zero-order valence-electron chi connectivity index (χ0n) is 18.6. The number of hydrogen-bond acceptors (Lipinski definition) is 4. The van der Waals surface area contributed by atoms with E-state index in [1.165, 1.54) is 14.0 Å². The normalized spacial score (nSPS) is 13.9. The van der Waals surface area contributed by atoms with Crippen molar-refractivity contribution in [3.8, 4) is 11.1 Å². The summed E-state index contributed by atoms with van der Waals surface area (Å²) in [6.45, 7) is 1.37. The number of ether oxygens (including phenoxy) is 1. The Hall–Kier alpha value is -3.93. The largest absolute Gasteiger partial charge is 0.467 e. The molecule has 0 fully saturated rings. The number of carbonyl (C=O) groups excluding carboxylic acids is 3. The van der Waals surface area contributed by atoms with E-state index in [1.807, 2.05) is 78.9 Å². The van der Waals surface area contributed by atoms with Gasteiger partial charge in [0.1, 0.15) is 12.1 Å². The monoisotopic (exact) mass is 442 g/mol. The highest BCUT2D eigenvalue weighted by Crippen LogP contribution is 2.46. The maximum Gasteiger partial charge on any atom is 0.329 e. The van der Waals surface area contributed by atoms with Crippen LogP contribution in [-0.2, 0) is 25.5 Å². The third-order valence-corrected chi connectivity index (χ3v) is 5.94. The smallest absolute Gasteiger partial charge is 0.329 e. The van der Waals surface area contributed by atoms with Gasteiger partial charge in [-0.15, -0.1) is 0 Å². The molecule has 0 aliphatic heterocycles. The van der Waals surface area contributed by atoms with Crippen LogP contribution in [0.5, 0.6) is 0 Å². The minimum absolute atomic E-state index is 0.304. The van der Waals surface area contributed by atoms with Crippen LogP contribution in [-0.4, -0.2) is 37.0 Å². The molecule has 4 rings (SSSR count). The minimum Gasteiger partial charge on any atom is -0.467 e. The van der Waals surface area contributed by atoms with Gasteiger partial charge < -0.3 is 15.4 Å². The molecule has 0 unspecified atom stereocenters. The highest BCUT2D eigenvalue weighted by molar-refractivity contribution is 5.92. The van der Waals surface area contributed by atoms with E-state index in [9.17, 15) is 14.4 Å². The second-order valence-electron chi connectivity index (χ2n) is 8.10. The molecule has 0 aromatic heterocycles. The predicted octanol–water partition coefficient (Wildman–Crippen LogP) is 3.20. The van der Waals surface area contributed by atoms with E-state index >= 15 is 0 Å².